The molecule has 0 fully saturated rings. The van der Waals surface area contributed by atoms with E-state index in [1.54, 1.807) is 14.1 Å². The highest BCUT2D eigenvalue weighted by Gasteiger charge is 2.34. The van der Waals surface area contributed by atoms with Gasteiger partial charge in [0.2, 0.25) is 6.41 Å². The van der Waals surface area contributed by atoms with Gasteiger partial charge in [-0.1, -0.05) is 6.07 Å². The van der Waals surface area contributed by atoms with Crippen LogP contribution >= 0.6 is 11.3 Å². The standard InChI is InChI=1S/C17H11F6N3OS.C3H7NO/c1-7-5-10(17(21,22)23)26-15-11(7)12(24)13(28-15)14(27)25-9-4-2-3-8(6-9)16(18,19)20;1-4(2)3-5/h2-6H,24H2,1H3,(H,25,27);3H,1-2H3. The fourth-order valence-electron chi connectivity index (χ4n) is 2.59. The number of hydrogen-bond acceptors (Lipinski definition) is 5. The number of nitrogens with one attached hydrogen (secondary N) is 1. The van der Waals surface area contributed by atoms with Crippen LogP contribution in [0.4, 0.5) is 37.7 Å². The molecule has 6 nitrogen and oxygen atoms in total. The molecule has 0 saturated heterocycles. The lowest BCUT2D eigenvalue weighted by Crippen LogP contribution is -2.13. The molecule has 3 N–H and O–H groups in total. The van der Waals surface area contributed by atoms with Gasteiger partial charge < -0.3 is 16.0 Å². The fourth-order valence-corrected chi connectivity index (χ4v) is 3.65. The molecule has 1 aromatic carbocycles. The summed E-state index contributed by atoms with van der Waals surface area (Å²) in [6, 6.07) is 4.78. The predicted molar refractivity (Wildman–Crippen MR) is 113 cm³/mol. The lowest BCUT2D eigenvalue weighted by molar-refractivity contribution is -0.141. The highest BCUT2D eigenvalue weighted by atomic mass is 32.1. The molecule has 0 saturated carbocycles. The van der Waals surface area contributed by atoms with Gasteiger partial charge in [0.25, 0.3) is 5.91 Å². The van der Waals surface area contributed by atoms with Crippen molar-refractivity contribution in [1.82, 2.24) is 9.88 Å². The summed E-state index contributed by atoms with van der Waals surface area (Å²) in [4.78, 5) is 26.6. The average Bonchev–Trinajstić information content (AvgIpc) is 3.04. The number of thiophene rings is 1. The number of nitrogen functional groups attached to an aromatic ring is 1. The number of nitrogens with zero attached hydrogens (tertiary/aromatic N) is 2. The van der Waals surface area contributed by atoms with Crippen LogP contribution in [0.5, 0.6) is 0 Å². The van der Waals surface area contributed by atoms with Crippen molar-refractivity contribution in [2.75, 3.05) is 25.1 Å². The second-order valence-electron chi connectivity index (χ2n) is 6.95. The number of aromatic nitrogens is 1. The molecule has 0 spiro atoms. The Hall–Kier alpha value is -3.35. The highest BCUT2D eigenvalue weighted by molar-refractivity contribution is 7.21. The van der Waals surface area contributed by atoms with Crippen molar-refractivity contribution in [3.8, 4) is 0 Å². The van der Waals surface area contributed by atoms with Crippen molar-refractivity contribution in [1.29, 1.82) is 0 Å². The summed E-state index contributed by atoms with van der Waals surface area (Å²) in [6.07, 6.45) is -8.51. The van der Waals surface area contributed by atoms with Crippen molar-refractivity contribution in [3.05, 3.63) is 52.0 Å². The summed E-state index contributed by atoms with van der Waals surface area (Å²) >= 11 is 0.635. The van der Waals surface area contributed by atoms with Gasteiger partial charge in [-0.3, -0.25) is 9.59 Å². The van der Waals surface area contributed by atoms with Crippen LogP contribution in [0.25, 0.3) is 10.2 Å². The molecule has 0 radical (unpaired) electrons. The van der Waals surface area contributed by atoms with E-state index in [1.807, 2.05) is 0 Å². The van der Waals surface area contributed by atoms with Gasteiger partial charge in [-0.2, -0.15) is 26.3 Å². The number of benzene rings is 1. The zero-order valence-electron chi connectivity index (χ0n) is 17.4. The Kier molecular flexibility index (Phi) is 7.57. The number of rotatable bonds is 3. The Morgan fingerprint density at radius 2 is 1.73 bits per heavy atom. The number of pyridine rings is 1. The number of aryl methyl sites for hydroxylation is 1. The number of amides is 2. The molecule has 3 rings (SSSR count). The molecule has 0 unspecified atom stereocenters. The summed E-state index contributed by atoms with van der Waals surface area (Å²) in [5, 5.41) is 2.48. The molecule has 0 aliphatic carbocycles. The Labute approximate surface area is 188 Å². The van der Waals surface area contributed by atoms with Gasteiger partial charge in [0.1, 0.15) is 15.4 Å². The maximum atomic E-state index is 12.9. The van der Waals surface area contributed by atoms with Gasteiger partial charge in [-0.05, 0) is 36.8 Å². The average molecular weight is 492 g/mol. The van der Waals surface area contributed by atoms with Crippen LogP contribution in [0.1, 0.15) is 26.5 Å². The maximum absolute atomic E-state index is 12.9. The first-order chi connectivity index (χ1) is 15.1. The fraction of sp³-hybridized carbons (Fsp3) is 0.250. The molecule has 0 bridgehead atoms. The van der Waals surface area contributed by atoms with Crippen LogP contribution in [-0.4, -0.2) is 36.3 Å². The number of carbonyl (C=O) groups is 2. The molecular weight excluding hydrogens is 474 g/mol. The number of fused-ring (bicyclic) bond motifs is 1. The Morgan fingerprint density at radius 3 is 2.24 bits per heavy atom. The van der Waals surface area contributed by atoms with Crippen LogP contribution in [0.3, 0.4) is 0 Å². The molecule has 2 heterocycles. The topological polar surface area (TPSA) is 88.3 Å². The molecule has 33 heavy (non-hydrogen) atoms. The van der Waals surface area contributed by atoms with E-state index in [0.717, 1.165) is 30.7 Å². The van der Waals surface area contributed by atoms with Crippen molar-refractivity contribution < 1.29 is 35.9 Å². The number of carbonyl (C=O) groups excluding carboxylic acids is 2. The van der Waals surface area contributed by atoms with E-state index in [0.29, 0.717) is 11.3 Å². The number of nitrogens with two attached hydrogens (primary N) is 1. The highest BCUT2D eigenvalue weighted by Crippen LogP contribution is 2.38. The minimum absolute atomic E-state index is 0.0804. The Bertz CT molecular complexity index is 1170. The Morgan fingerprint density at radius 1 is 1.12 bits per heavy atom. The summed E-state index contributed by atoms with van der Waals surface area (Å²) in [5.41, 5.74) is 3.80. The number of anilines is 2. The van der Waals surface area contributed by atoms with Gasteiger partial charge in [-0.15, -0.1) is 11.3 Å². The minimum atomic E-state index is -4.67. The maximum Gasteiger partial charge on any atom is 0.433 e. The first kappa shape index (κ1) is 25.9. The van der Waals surface area contributed by atoms with E-state index in [1.165, 1.54) is 17.9 Å². The molecule has 2 aromatic heterocycles. The van der Waals surface area contributed by atoms with Gasteiger partial charge in [0, 0.05) is 25.2 Å². The van der Waals surface area contributed by atoms with Gasteiger partial charge in [-0.25, -0.2) is 4.98 Å². The number of alkyl halides is 6. The summed E-state index contributed by atoms with van der Waals surface area (Å²) in [5.74, 6) is -0.840. The van der Waals surface area contributed by atoms with Crippen LogP contribution in [0, 0.1) is 6.92 Å². The van der Waals surface area contributed by atoms with Crippen LogP contribution < -0.4 is 11.1 Å². The lowest BCUT2D eigenvalue weighted by Gasteiger charge is -2.09. The van der Waals surface area contributed by atoms with Crippen LogP contribution in [0.15, 0.2) is 30.3 Å². The SMILES string of the molecule is CN(C)C=O.Cc1cc(C(F)(F)F)nc2sc(C(=O)Nc3cccc(C(F)(F)F)c3)c(N)c12. The molecule has 0 atom stereocenters. The quantitative estimate of drug-likeness (QED) is 0.390. The second-order valence-corrected chi connectivity index (χ2v) is 7.95. The van der Waals surface area contributed by atoms with E-state index in [2.05, 4.69) is 10.3 Å². The molecule has 0 aliphatic rings. The van der Waals surface area contributed by atoms with Crippen LogP contribution in [-0.2, 0) is 17.1 Å². The van der Waals surface area contributed by atoms with Crippen LogP contribution in [0.2, 0.25) is 0 Å². The first-order valence-corrected chi connectivity index (χ1v) is 9.84. The van der Waals surface area contributed by atoms with Gasteiger partial charge >= 0.3 is 12.4 Å². The van der Waals surface area contributed by atoms with Crippen molar-refractivity contribution in [2.24, 2.45) is 0 Å². The first-order valence-electron chi connectivity index (χ1n) is 9.02. The minimum Gasteiger partial charge on any atom is -0.397 e. The third-order valence-corrected chi connectivity index (χ3v) is 5.15. The number of hydrogen-bond donors (Lipinski definition) is 2. The second kappa shape index (κ2) is 9.65. The van der Waals surface area contributed by atoms with E-state index in [4.69, 9.17) is 5.73 Å². The predicted octanol–water partition coefficient (Wildman–Crippen LogP) is 5.18. The molecule has 0 aliphatic heterocycles. The summed E-state index contributed by atoms with van der Waals surface area (Å²) in [6.45, 7) is 1.40. The Balaban J connectivity index is 0.000000696. The van der Waals surface area contributed by atoms with Crippen molar-refractivity contribution in [3.63, 3.8) is 0 Å². The smallest absolute Gasteiger partial charge is 0.397 e. The summed E-state index contributed by atoms with van der Waals surface area (Å²) in [7, 11) is 3.38. The lowest BCUT2D eigenvalue weighted by atomic mass is 10.1. The molecule has 178 valence electrons. The van der Waals surface area contributed by atoms with Gasteiger partial charge in [0.15, 0.2) is 0 Å². The zero-order chi connectivity index (χ0) is 25.1. The zero-order valence-corrected chi connectivity index (χ0v) is 18.2. The largest absolute Gasteiger partial charge is 0.433 e. The van der Waals surface area contributed by atoms with Gasteiger partial charge in [0.05, 0.1) is 11.3 Å². The van der Waals surface area contributed by atoms with Crippen molar-refractivity contribution >= 4 is 45.2 Å². The molecular formula is C20H18F6N4O2S. The molecule has 3 aromatic rings. The van der Waals surface area contributed by atoms with E-state index < -0.39 is 29.5 Å². The third-order valence-electron chi connectivity index (χ3n) is 4.05. The van der Waals surface area contributed by atoms with E-state index in [-0.39, 0.29) is 32.0 Å². The normalized spacial score (nSPS) is 11.5. The monoisotopic (exact) mass is 492 g/mol. The van der Waals surface area contributed by atoms with E-state index >= 15 is 0 Å². The third kappa shape index (κ3) is 6.34. The van der Waals surface area contributed by atoms with E-state index in [9.17, 15) is 35.9 Å². The van der Waals surface area contributed by atoms with Crippen molar-refractivity contribution in [2.45, 2.75) is 19.3 Å². The molecule has 2 amide bonds. The summed E-state index contributed by atoms with van der Waals surface area (Å²) < 4.78 is 77.1. The number of halogens is 6. The molecule has 13 heteroatoms.